The minimum absolute atomic E-state index is 0.947. The van der Waals surface area contributed by atoms with Gasteiger partial charge in [-0.25, -0.2) is 0 Å². The maximum atomic E-state index is 4.10. The predicted octanol–water partition coefficient (Wildman–Crippen LogP) is 3.23. The van der Waals surface area contributed by atoms with Gasteiger partial charge in [-0.3, -0.25) is 0 Å². The normalized spacial score (nSPS) is 10.6. The number of aromatic nitrogens is 2. The Kier molecular flexibility index (Phi) is 3.70. The molecule has 0 aliphatic rings. The van der Waals surface area contributed by atoms with Crippen molar-refractivity contribution in [1.29, 1.82) is 0 Å². The molecule has 1 aromatic carbocycles. The molecule has 0 unspecified atom stereocenters. The first-order chi connectivity index (χ1) is 7.92. The van der Waals surface area contributed by atoms with Gasteiger partial charge in [-0.15, -0.1) is 0 Å². The van der Waals surface area contributed by atoms with Gasteiger partial charge in [-0.1, -0.05) is 38.0 Å². The second-order valence-electron chi connectivity index (χ2n) is 3.91. The van der Waals surface area contributed by atoms with Crippen molar-refractivity contribution in [2.24, 2.45) is 0 Å². The number of fused-ring (bicyclic) bond motifs is 1. The van der Waals surface area contributed by atoms with E-state index in [1.165, 1.54) is 19.3 Å². The zero-order chi connectivity index (χ0) is 11.2. The topological polar surface area (TPSA) is 37.8 Å². The summed E-state index contributed by atoms with van der Waals surface area (Å²) in [4.78, 5) is 0. The van der Waals surface area contributed by atoms with E-state index in [9.17, 15) is 0 Å². The summed E-state index contributed by atoms with van der Waals surface area (Å²) >= 11 is 0. The van der Waals surface area contributed by atoms with Crippen LogP contribution in [0.25, 0.3) is 10.9 Å². The van der Waals surface area contributed by atoms with Crippen LogP contribution < -0.4 is 5.32 Å². The molecule has 0 radical (unpaired) electrons. The van der Waals surface area contributed by atoms with E-state index in [1.807, 2.05) is 18.2 Å². The lowest BCUT2D eigenvalue weighted by molar-refractivity contribution is 0.744. The highest BCUT2D eigenvalue weighted by Crippen LogP contribution is 2.19. The SMILES string of the molecule is CCCCCNc1cnnc2ccccc12. The highest BCUT2D eigenvalue weighted by Gasteiger charge is 2.00. The van der Waals surface area contributed by atoms with E-state index in [0.29, 0.717) is 0 Å². The largest absolute Gasteiger partial charge is 0.383 e. The van der Waals surface area contributed by atoms with E-state index >= 15 is 0 Å². The zero-order valence-electron chi connectivity index (χ0n) is 9.61. The van der Waals surface area contributed by atoms with Crippen LogP contribution in [0.15, 0.2) is 30.5 Å². The molecule has 1 heterocycles. The molecule has 2 aromatic rings. The minimum atomic E-state index is 0.947. The van der Waals surface area contributed by atoms with Gasteiger partial charge in [-0.05, 0) is 12.5 Å². The fraction of sp³-hybridized carbons (Fsp3) is 0.385. The van der Waals surface area contributed by atoms with Gasteiger partial charge in [0.05, 0.1) is 17.4 Å². The van der Waals surface area contributed by atoms with Gasteiger partial charge < -0.3 is 5.32 Å². The highest BCUT2D eigenvalue weighted by atomic mass is 15.1. The van der Waals surface area contributed by atoms with Crippen molar-refractivity contribution >= 4 is 16.6 Å². The van der Waals surface area contributed by atoms with Crippen molar-refractivity contribution in [2.45, 2.75) is 26.2 Å². The smallest absolute Gasteiger partial charge is 0.0950 e. The van der Waals surface area contributed by atoms with Crippen molar-refractivity contribution in [3.63, 3.8) is 0 Å². The van der Waals surface area contributed by atoms with Gasteiger partial charge in [-0.2, -0.15) is 10.2 Å². The van der Waals surface area contributed by atoms with Crippen LogP contribution in [0.1, 0.15) is 26.2 Å². The second kappa shape index (κ2) is 5.45. The third kappa shape index (κ3) is 2.48. The lowest BCUT2D eigenvalue weighted by atomic mass is 10.2. The summed E-state index contributed by atoms with van der Waals surface area (Å²) in [6.07, 6.45) is 5.52. The molecular weight excluding hydrogens is 198 g/mol. The molecule has 1 N–H and O–H groups in total. The first-order valence-corrected chi connectivity index (χ1v) is 5.86. The van der Waals surface area contributed by atoms with Gasteiger partial charge in [0.1, 0.15) is 0 Å². The quantitative estimate of drug-likeness (QED) is 0.778. The number of hydrogen-bond acceptors (Lipinski definition) is 3. The average molecular weight is 215 g/mol. The summed E-state index contributed by atoms with van der Waals surface area (Å²) in [7, 11) is 0. The molecule has 0 spiro atoms. The van der Waals surface area contributed by atoms with Crippen LogP contribution in [0.5, 0.6) is 0 Å². The van der Waals surface area contributed by atoms with E-state index in [0.717, 1.165) is 23.1 Å². The number of hydrogen-bond donors (Lipinski definition) is 1. The molecule has 0 aliphatic heterocycles. The van der Waals surface area contributed by atoms with Gasteiger partial charge in [0.25, 0.3) is 0 Å². The Morgan fingerprint density at radius 3 is 2.94 bits per heavy atom. The fourth-order valence-electron chi connectivity index (χ4n) is 1.75. The van der Waals surface area contributed by atoms with Gasteiger partial charge >= 0.3 is 0 Å². The predicted molar refractivity (Wildman–Crippen MR) is 67.6 cm³/mol. The first kappa shape index (κ1) is 10.9. The van der Waals surface area contributed by atoms with Crippen LogP contribution in [-0.4, -0.2) is 16.7 Å². The standard InChI is InChI=1S/C13H17N3/c1-2-3-6-9-14-13-10-15-16-12-8-5-4-7-11(12)13/h4-5,7-8,10H,2-3,6,9H2,1H3,(H,14,16). The maximum Gasteiger partial charge on any atom is 0.0950 e. The minimum Gasteiger partial charge on any atom is -0.383 e. The number of nitrogens with zero attached hydrogens (tertiary/aromatic N) is 2. The van der Waals surface area contributed by atoms with E-state index in [4.69, 9.17) is 0 Å². The van der Waals surface area contributed by atoms with Crippen molar-refractivity contribution in [1.82, 2.24) is 10.2 Å². The van der Waals surface area contributed by atoms with Crippen molar-refractivity contribution in [3.05, 3.63) is 30.5 Å². The van der Waals surface area contributed by atoms with Crippen LogP contribution in [0.3, 0.4) is 0 Å². The van der Waals surface area contributed by atoms with Gasteiger partial charge in [0, 0.05) is 11.9 Å². The van der Waals surface area contributed by atoms with E-state index in [2.05, 4.69) is 28.5 Å². The monoisotopic (exact) mass is 215 g/mol. The highest BCUT2D eigenvalue weighted by molar-refractivity contribution is 5.90. The van der Waals surface area contributed by atoms with Gasteiger partial charge in [0.15, 0.2) is 0 Å². The molecule has 2 rings (SSSR count). The Bertz CT molecular complexity index is 448. The lowest BCUT2D eigenvalue weighted by Crippen LogP contribution is -2.02. The molecule has 84 valence electrons. The van der Waals surface area contributed by atoms with E-state index < -0.39 is 0 Å². The molecule has 3 nitrogen and oxygen atoms in total. The summed E-state index contributed by atoms with van der Waals surface area (Å²) in [5.74, 6) is 0. The number of rotatable bonds is 5. The first-order valence-electron chi connectivity index (χ1n) is 5.86. The zero-order valence-corrected chi connectivity index (χ0v) is 9.61. The average Bonchev–Trinajstić information content (AvgIpc) is 2.35. The molecule has 16 heavy (non-hydrogen) atoms. The third-order valence-corrected chi connectivity index (χ3v) is 2.64. The molecule has 0 atom stereocenters. The summed E-state index contributed by atoms with van der Waals surface area (Å²) in [5.41, 5.74) is 2.03. The summed E-state index contributed by atoms with van der Waals surface area (Å²) in [5, 5.41) is 12.7. The van der Waals surface area contributed by atoms with E-state index in [-0.39, 0.29) is 0 Å². The van der Waals surface area contributed by atoms with Crippen molar-refractivity contribution in [2.75, 3.05) is 11.9 Å². The van der Waals surface area contributed by atoms with Crippen LogP contribution in [0, 0.1) is 0 Å². The summed E-state index contributed by atoms with van der Waals surface area (Å²) < 4.78 is 0. The number of nitrogens with one attached hydrogen (secondary N) is 1. The molecule has 0 saturated carbocycles. The molecule has 0 saturated heterocycles. The Balaban J connectivity index is 2.11. The van der Waals surface area contributed by atoms with Crippen LogP contribution in [0.4, 0.5) is 5.69 Å². The second-order valence-corrected chi connectivity index (χ2v) is 3.91. The Morgan fingerprint density at radius 1 is 1.19 bits per heavy atom. The van der Waals surface area contributed by atoms with Crippen LogP contribution in [0.2, 0.25) is 0 Å². The number of benzene rings is 1. The molecule has 0 aliphatic carbocycles. The van der Waals surface area contributed by atoms with E-state index in [1.54, 1.807) is 6.20 Å². The molecular formula is C13H17N3. The lowest BCUT2D eigenvalue weighted by Gasteiger charge is -2.07. The Morgan fingerprint density at radius 2 is 2.06 bits per heavy atom. The maximum absolute atomic E-state index is 4.10. The Labute approximate surface area is 95.9 Å². The fourth-order valence-corrected chi connectivity index (χ4v) is 1.75. The molecule has 1 aromatic heterocycles. The summed E-state index contributed by atoms with van der Waals surface area (Å²) in [6, 6.07) is 8.07. The molecule has 0 amide bonds. The number of unbranched alkanes of at least 4 members (excludes halogenated alkanes) is 2. The van der Waals surface area contributed by atoms with Crippen molar-refractivity contribution in [3.8, 4) is 0 Å². The van der Waals surface area contributed by atoms with Crippen LogP contribution >= 0.6 is 0 Å². The summed E-state index contributed by atoms with van der Waals surface area (Å²) in [6.45, 7) is 3.22. The molecule has 0 fully saturated rings. The van der Waals surface area contributed by atoms with Crippen LogP contribution in [-0.2, 0) is 0 Å². The molecule has 0 bridgehead atoms. The van der Waals surface area contributed by atoms with Crippen molar-refractivity contribution < 1.29 is 0 Å². The number of anilines is 1. The van der Waals surface area contributed by atoms with Gasteiger partial charge in [0.2, 0.25) is 0 Å². The molecule has 3 heteroatoms. The Hall–Kier alpha value is -1.64. The third-order valence-electron chi connectivity index (χ3n) is 2.64.